The minimum Gasteiger partial charge on any atom is -0.382 e. The van der Waals surface area contributed by atoms with Gasteiger partial charge in [0.2, 0.25) is 5.78 Å². The normalized spacial score (nSPS) is 10.8. The molecule has 0 aliphatic carbocycles. The Balaban J connectivity index is 1.79. The monoisotopic (exact) mass is 315 g/mol. The van der Waals surface area contributed by atoms with Gasteiger partial charge in [-0.2, -0.15) is 0 Å². The molecule has 0 bridgehead atoms. The minimum atomic E-state index is -0.295. The van der Waals surface area contributed by atoms with Gasteiger partial charge in [-0.15, -0.1) is 0 Å². The van der Waals surface area contributed by atoms with E-state index in [1.807, 2.05) is 30.5 Å². The highest BCUT2D eigenvalue weighted by atomic mass is 16.1. The summed E-state index contributed by atoms with van der Waals surface area (Å²) in [4.78, 5) is 28.3. The fourth-order valence-electron chi connectivity index (χ4n) is 2.55. The Bertz CT molecular complexity index is 1040. The van der Waals surface area contributed by atoms with Gasteiger partial charge in [-0.3, -0.25) is 9.78 Å². The van der Waals surface area contributed by atoms with E-state index < -0.39 is 0 Å². The van der Waals surface area contributed by atoms with Crippen LogP contribution in [0.3, 0.4) is 0 Å². The number of aromatic amines is 1. The van der Waals surface area contributed by atoms with Crippen LogP contribution >= 0.6 is 0 Å². The number of ketones is 1. The van der Waals surface area contributed by atoms with Crippen LogP contribution in [0.25, 0.3) is 22.2 Å². The molecule has 1 aromatic carbocycles. The predicted molar refractivity (Wildman–Crippen MR) is 91.4 cm³/mol. The molecule has 3 N–H and O–H groups in total. The Labute approximate surface area is 137 Å². The van der Waals surface area contributed by atoms with E-state index in [2.05, 4.69) is 19.9 Å². The molecule has 3 heterocycles. The highest BCUT2D eigenvalue weighted by Crippen LogP contribution is 2.23. The number of carbonyl (C=O) groups excluding carboxylic acids is 1. The second-order valence-electron chi connectivity index (χ2n) is 5.34. The molecule has 4 aromatic rings. The number of hydrogen-bond acceptors (Lipinski definition) is 5. The molecular weight excluding hydrogens is 302 g/mol. The first-order valence-corrected chi connectivity index (χ1v) is 7.37. The molecule has 6 nitrogen and oxygen atoms in total. The van der Waals surface area contributed by atoms with Crippen molar-refractivity contribution < 1.29 is 4.79 Å². The van der Waals surface area contributed by atoms with Crippen LogP contribution in [0.4, 0.5) is 5.82 Å². The number of hydrogen-bond donors (Lipinski definition) is 2. The van der Waals surface area contributed by atoms with E-state index in [1.165, 1.54) is 6.20 Å². The highest BCUT2D eigenvalue weighted by molar-refractivity contribution is 6.10. The average molecular weight is 315 g/mol. The maximum atomic E-state index is 12.6. The summed E-state index contributed by atoms with van der Waals surface area (Å²) in [5, 5.41) is 1.11. The number of fused-ring (bicyclic) bond motifs is 1. The average Bonchev–Trinajstić information content (AvgIpc) is 3.10. The standard InChI is InChI=1S/C18H13N5O/c19-18-16(17(24)13-2-1-6-20-9-13)23-15(10-22-18)12-4-3-11-5-7-21-14(11)8-12/h1-10,21H,(H2,19,22). The zero-order valence-corrected chi connectivity index (χ0v) is 12.6. The molecule has 3 aromatic heterocycles. The molecule has 4 rings (SSSR count). The van der Waals surface area contributed by atoms with Crippen LogP contribution in [0.15, 0.2) is 61.2 Å². The van der Waals surface area contributed by atoms with E-state index in [4.69, 9.17) is 5.73 Å². The van der Waals surface area contributed by atoms with Crippen molar-refractivity contribution in [3.63, 3.8) is 0 Å². The van der Waals surface area contributed by atoms with Crippen molar-refractivity contribution in [2.75, 3.05) is 5.73 Å². The van der Waals surface area contributed by atoms with Crippen LogP contribution in [-0.4, -0.2) is 25.7 Å². The van der Waals surface area contributed by atoms with Gasteiger partial charge in [-0.05, 0) is 29.7 Å². The number of rotatable bonds is 3. The molecule has 0 unspecified atom stereocenters. The van der Waals surface area contributed by atoms with Gasteiger partial charge < -0.3 is 10.7 Å². The molecule has 0 amide bonds. The van der Waals surface area contributed by atoms with Gasteiger partial charge in [0.05, 0.1) is 11.9 Å². The fourth-order valence-corrected chi connectivity index (χ4v) is 2.55. The Morgan fingerprint density at radius 2 is 2.04 bits per heavy atom. The molecule has 6 heteroatoms. The van der Waals surface area contributed by atoms with Crippen LogP contribution in [0, 0.1) is 0 Å². The first kappa shape index (κ1) is 14.1. The molecule has 0 saturated carbocycles. The third kappa shape index (κ3) is 2.40. The fraction of sp³-hybridized carbons (Fsp3) is 0. The zero-order chi connectivity index (χ0) is 16.5. The van der Waals surface area contributed by atoms with Crippen LogP contribution in [0.5, 0.6) is 0 Å². The van der Waals surface area contributed by atoms with Crippen molar-refractivity contribution >= 4 is 22.5 Å². The first-order chi connectivity index (χ1) is 11.7. The molecule has 0 spiro atoms. The summed E-state index contributed by atoms with van der Waals surface area (Å²) >= 11 is 0. The number of benzene rings is 1. The van der Waals surface area contributed by atoms with E-state index in [9.17, 15) is 4.79 Å². The van der Waals surface area contributed by atoms with Crippen LogP contribution in [0.2, 0.25) is 0 Å². The Morgan fingerprint density at radius 1 is 1.12 bits per heavy atom. The molecule has 0 saturated heterocycles. The van der Waals surface area contributed by atoms with Crippen LogP contribution in [0.1, 0.15) is 16.1 Å². The number of pyridine rings is 1. The predicted octanol–water partition coefficient (Wildman–Crippen LogP) is 2.83. The molecular formula is C18H13N5O. The SMILES string of the molecule is Nc1ncc(-c2ccc3cc[nH]c3c2)nc1C(=O)c1cccnc1. The molecule has 0 fully saturated rings. The second-order valence-corrected chi connectivity index (χ2v) is 5.34. The molecule has 0 radical (unpaired) electrons. The van der Waals surface area contributed by atoms with Gasteiger partial charge in [0.15, 0.2) is 11.5 Å². The quantitative estimate of drug-likeness (QED) is 0.567. The lowest BCUT2D eigenvalue weighted by molar-refractivity contribution is 0.103. The Kier molecular flexibility index (Phi) is 3.28. The molecule has 0 aliphatic heterocycles. The molecule has 0 atom stereocenters. The Morgan fingerprint density at radius 3 is 2.88 bits per heavy atom. The summed E-state index contributed by atoms with van der Waals surface area (Å²) in [6.45, 7) is 0. The number of anilines is 1. The van der Waals surface area contributed by atoms with Crippen molar-refractivity contribution in [1.82, 2.24) is 19.9 Å². The van der Waals surface area contributed by atoms with Crippen LogP contribution in [-0.2, 0) is 0 Å². The minimum absolute atomic E-state index is 0.105. The summed E-state index contributed by atoms with van der Waals surface area (Å²) in [7, 11) is 0. The summed E-state index contributed by atoms with van der Waals surface area (Å²) in [5.41, 5.74) is 8.86. The first-order valence-electron chi connectivity index (χ1n) is 7.37. The lowest BCUT2D eigenvalue weighted by Gasteiger charge is -2.07. The maximum Gasteiger partial charge on any atom is 0.216 e. The number of nitrogens with zero attached hydrogens (tertiary/aromatic N) is 3. The summed E-state index contributed by atoms with van der Waals surface area (Å²) < 4.78 is 0. The van der Waals surface area contributed by atoms with Crippen molar-refractivity contribution in [2.24, 2.45) is 0 Å². The van der Waals surface area contributed by atoms with Crippen molar-refractivity contribution in [3.8, 4) is 11.3 Å². The van der Waals surface area contributed by atoms with Crippen molar-refractivity contribution in [2.45, 2.75) is 0 Å². The number of aromatic nitrogens is 4. The smallest absolute Gasteiger partial charge is 0.216 e. The van der Waals surface area contributed by atoms with Gasteiger partial charge in [0.1, 0.15) is 0 Å². The molecule has 116 valence electrons. The number of nitrogens with one attached hydrogen (secondary N) is 1. The lowest BCUT2D eigenvalue weighted by Crippen LogP contribution is -2.10. The van der Waals surface area contributed by atoms with Crippen molar-refractivity contribution in [3.05, 3.63) is 72.4 Å². The zero-order valence-electron chi connectivity index (χ0n) is 12.6. The Hall–Kier alpha value is -3.54. The summed E-state index contributed by atoms with van der Waals surface area (Å²) in [6, 6.07) is 11.3. The summed E-state index contributed by atoms with van der Waals surface area (Å²) in [5.74, 6) is -0.190. The number of carbonyl (C=O) groups is 1. The van der Waals surface area contributed by atoms with E-state index >= 15 is 0 Å². The third-order valence-corrected chi connectivity index (χ3v) is 3.79. The van der Waals surface area contributed by atoms with E-state index in [0.717, 1.165) is 16.5 Å². The highest BCUT2D eigenvalue weighted by Gasteiger charge is 2.17. The summed E-state index contributed by atoms with van der Waals surface area (Å²) in [6.07, 6.45) is 6.54. The molecule has 24 heavy (non-hydrogen) atoms. The second kappa shape index (κ2) is 5.58. The number of nitrogens with two attached hydrogens (primary N) is 1. The van der Waals surface area contributed by atoms with E-state index in [0.29, 0.717) is 11.3 Å². The van der Waals surface area contributed by atoms with Crippen molar-refractivity contribution in [1.29, 1.82) is 0 Å². The van der Waals surface area contributed by atoms with E-state index in [1.54, 1.807) is 24.5 Å². The van der Waals surface area contributed by atoms with Gasteiger partial charge in [-0.25, -0.2) is 9.97 Å². The number of nitrogen functional groups attached to an aromatic ring is 1. The number of H-pyrrole nitrogens is 1. The topological polar surface area (TPSA) is 97.5 Å². The van der Waals surface area contributed by atoms with Gasteiger partial charge in [-0.1, -0.05) is 12.1 Å². The maximum absolute atomic E-state index is 12.6. The lowest BCUT2D eigenvalue weighted by atomic mass is 10.1. The molecule has 0 aliphatic rings. The van der Waals surface area contributed by atoms with Gasteiger partial charge in [0.25, 0.3) is 0 Å². The van der Waals surface area contributed by atoms with Gasteiger partial charge >= 0.3 is 0 Å². The van der Waals surface area contributed by atoms with Gasteiger partial charge in [0, 0.05) is 35.2 Å². The van der Waals surface area contributed by atoms with Crippen LogP contribution < -0.4 is 5.73 Å². The third-order valence-electron chi connectivity index (χ3n) is 3.79. The largest absolute Gasteiger partial charge is 0.382 e. The van der Waals surface area contributed by atoms with E-state index in [-0.39, 0.29) is 17.3 Å².